The van der Waals surface area contributed by atoms with Crippen LogP contribution in [0.25, 0.3) is 5.70 Å². The van der Waals surface area contributed by atoms with Crippen LogP contribution < -0.4 is 5.01 Å². The number of hydrogen-bond donors (Lipinski definition) is 1. The van der Waals surface area contributed by atoms with Gasteiger partial charge >= 0.3 is 0 Å². The first kappa shape index (κ1) is 18.8. The third kappa shape index (κ3) is 3.62. The molecule has 2 aromatic carbocycles. The normalized spacial score (nSPS) is 16.4. The van der Waals surface area contributed by atoms with Gasteiger partial charge in [-0.1, -0.05) is 30.3 Å². The Hall–Kier alpha value is -2.97. The predicted octanol–water partition coefficient (Wildman–Crippen LogP) is 2.63. The largest absolute Gasteiger partial charge is 0.376 e. The molecule has 0 saturated carbocycles. The zero-order chi connectivity index (χ0) is 19.8. The van der Waals surface area contributed by atoms with Crippen molar-refractivity contribution in [2.75, 3.05) is 19.1 Å². The van der Waals surface area contributed by atoms with Crippen molar-refractivity contribution in [3.63, 3.8) is 0 Å². The molecule has 7 nitrogen and oxygen atoms in total. The molecule has 2 aromatic rings. The smallest absolute Gasteiger partial charge is 0.294 e. The molecule has 0 bridgehead atoms. The van der Waals surface area contributed by atoms with E-state index in [4.69, 9.17) is 4.55 Å². The summed E-state index contributed by atoms with van der Waals surface area (Å²) in [7, 11) is -0.573. The van der Waals surface area contributed by atoms with Gasteiger partial charge in [0, 0.05) is 14.1 Å². The van der Waals surface area contributed by atoms with Crippen LogP contribution in [0, 0.1) is 0 Å². The Morgan fingerprint density at radius 1 is 1.04 bits per heavy atom. The lowest BCUT2D eigenvalue weighted by Crippen LogP contribution is -2.25. The maximum Gasteiger partial charge on any atom is 0.294 e. The molecule has 0 spiro atoms. The van der Waals surface area contributed by atoms with Crippen molar-refractivity contribution >= 4 is 33.1 Å². The number of rotatable bonds is 4. The van der Waals surface area contributed by atoms with Crippen molar-refractivity contribution in [3.05, 3.63) is 65.7 Å². The lowest BCUT2D eigenvalue weighted by Gasteiger charge is -2.20. The molecule has 1 amide bonds. The Balaban J connectivity index is 2.05. The summed E-state index contributed by atoms with van der Waals surface area (Å²) in [5, 5.41) is 5.57. The molecule has 1 aliphatic heterocycles. The highest BCUT2D eigenvalue weighted by molar-refractivity contribution is 7.85. The summed E-state index contributed by atoms with van der Waals surface area (Å²) >= 11 is 0. The quantitative estimate of drug-likeness (QED) is 0.645. The average Bonchev–Trinajstić information content (AvgIpc) is 2.91. The van der Waals surface area contributed by atoms with Crippen LogP contribution in [0.2, 0.25) is 0 Å². The number of carbonyl (C=O) groups is 1. The Kier molecular flexibility index (Phi) is 4.86. The second-order valence-electron chi connectivity index (χ2n) is 6.26. The summed E-state index contributed by atoms with van der Waals surface area (Å²) in [6, 6.07) is 14.9. The number of hydrogen-bond acceptors (Lipinski definition) is 5. The second-order valence-corrected chi connectivity index (χ2v) is 7.68. The van der Waals surface area contributed by atoms with Crippen LogP contribution in [-0.4, -0.2) is 43.6 Å². The molecule has 0 radical (unpaired) electrons. The van der Waals surface area contributed by atoms with Gasteiger partial charge in [0.2, 0.25) is 0 Å². The monoisotopic (exact) mass is 385 g/mol. The minimum absolute atomic E-state index is 0.243. The Bertz CT molecular complexity index is 1040. The van der Waals surface area contributed by atoms with Crippen molar-refractivity contribution in [1.29, 1.82) is 0 Å². The zero-order valence-electron chi connectivity index (χ0n) is 15.1. The van der Waals surface area contributed by atoms with Crippen molar-refractivity contribution in [2.45, 2.75) is 11.8 Å². The predicted molar refractivity (Wildman–Crippen MR) is 104 cm³/mol. The molecule has 0 unspecified atom stereocenters. The fraction of sp³-hybridized carbons (Fsp3) is 0.158. The highest BCUT2D eigenvalue weighted by atomic mass is 32.2. The lowest BCUT2D eigenvalue weighted by atomic mass is 10.0. The maximum absolute atomic E-state index is 13.1. The lowest BCUT2D eigenvalue weighted by molar-refractivity contribution is -0.114. The van der Waals surface area contributed by atoms with E-state index in [1.54, 1.807) is 6.92 Å². The van der Waals surface area contributed by atoms with Crippen LogP contribution in [-0.2, 0) is 14.9 Å². The van der Waals surface area contributed by atoms with E-state index in [9.17, 15) is 13.2 Å². The summed E-state index contributed by atoms with van der Waals surface area (Å²) in [6.45, 7) is 1.76. The summed E-state index contributed by atoms with van der Waals surface area (Å²) in [4.78, 5) is 14.7. The van der Waals surface area contributed by atoms with Gasteiger partial charge in [-0.25, -0.2) is 0 Å². The van der Waals surface area contributed by atoms with E-state index >= 15 is 0 Å². The van der Waals surface area contributed by atoms with Gasteiger partial charge in [-0.3, -0.25) is 9.35 Å². The average molecular weight is 385 g/mol. The SMILES string of the molecule is CC1=NN(c2ccc(S(=O)(=O)O)cc2)C(=O)C1=C(c1ccccc1)N(C)C. The highest BCUT2D eigenvalue weighted by Crippen LogP contribution is 2.30. The Morgan fingerprint density at radius 2 is 1.63 bits per heavy atom. The van der Waals surface area contributed by atoms with Gasteiger partial charge in [0.15, 0.2) is 0 Å². The second kappa shape index (κ2) is 6.98. The van der Waals surface area contributed by atoms with Gasteiger partial charge in [0.25, 0.3) is 16.0 Å². The molecule has 0 atom stereocenters. The van der Waals surface area contributed by atoms with E-state index in [-0.39, 0.29) is 10.8 Å². The molecule has 0 aliphatic carbocycles. The number of benzene rings is 2. The van der Waals surface area contributed by atoms with Crippen molar-refractivity contribution in [3.8, 4) is 0 Å². The molecule has 1 heterocycles. The molecule has 8 heteroatoms. The first-order valence-corrected chi connectivity index (χ1v) is 9.59. The fourth-order valence-corrected chi connectivity index (χ4v) is 3.42. The standard InChI is InChI=1S/C19H19N3O4S/c1-13-17(18(21(2)3)14-7-5-4-6-8-14)19(23)22(20-13)15-9-11-16(12-10-15)27(24,25)26/h4-12H,1-3H3,(H,24,25,26). The number of carbonyl (C=O) groups excluding carboxylic acids is 1. The minimum atomic E-state index is -4.29. The number of hydrazone groups is 1. The first-order chi connectivity index (χ1) is 12.7. The molecular weight excluding hydrogens is 366 g/mol. The van der Waals surface area contributed by atoms with Crippen molar-refractivity contribution < 1.29 is 17.8 Å². The van der Waals surface area contributed by atoms with Crippen LogP contribution in [0.4, 0.5) is 5.69 Å². The van der Waals surface area contributed by atoms with E-state index in [0.717, 1.165) is 11.3 Å². The number of amides is 1. The van der Waals surface area contributed by atoms with Crippen LogP contribution in [0.1, 0.15) is 12.5 Å². The third-order valence-corrected chi connectivity index (χ3v) is 5.00. The van der Waals surface area contributed by atoms with Crippen molar-refractivity contribution in [2.24, 2.45) is 5.10 Å². The fourth-order valence-electron chi connectivity index (χ4n) is 2.94. The number of anilines is 1. The van der Waals surface area contributed by atoms with Gasteiger partial charge in [-0.15, -0.1) is 0 Å². The first-order valence-electron chi connectivity index (χ1n) is 8.15. The van der Waals surface area contributed by atoms with Crippen LogP contribution in [0.3, 0.4) is 0 Å². The molecule has 0 saturated heterocycles. The molecular formula is C19H19N3O4S. The highest BCUT2D eigenvalue weighted by Gasteiger charge is 2.33. The summed E-state index contributed by atoms with van der Waals surface area (Å²) in [6.07, 6.45) is 0. The van der Waals surface area contributed by atoms with E-state index in [1.807, 2.05) is 49.3 Å². The molecule has 0 fully saturated rings. The van der Waals surface area contributed by atoms with Crippen LogP contribution in [0.15, 0.2) is 70.2 Å². The Morgan fingerprint density at radius 3 is 2.15 bits per heavy atom. The molecule has 27 heavy (non-hydrogen) atoms. The molecule has 3 rings (SSSR count). The maximum atomic E-state index is 13.1. The molecule has 1 N–H and O–H groups in total. The molecule has 0 aromatic heterocycles. The molecule has 1 aliphatic rings. The van der Waals surface area contributed by atoms with E-state index in [2.05, 4.69) is 5.10 Å². The topological polar surface area (TPSA) is 90.3 Å². The van der Waals surface area contributed by atoms with E-state index < -0.39 is 10.1 Å². The van der Waals surface area contributed by atoms with Gasteiger partial charge in [0.05, 0.1) is 27.6 Å². The summed E-state index contributed by atoms with van der Waals surface area (Å²) in [5.74, 6) is -0.306. The number of nitrogens with zero attached hydrogens (tertiary/aromatic N) is 3. The van der Waals surface area contributed by atoms with E-state index in [0.29, 0.717) is 17.0 Å². The van der Waals surface area contributed by atoms with Crippen LogP contribution in [0.5, 0.6) is 0 Å². The minimum Gasteiger partial charge on any atom is -0.376 e. The molecule has 140 valence electrons. The summed E-state index contributed by atoms with van der Waals surface area (Å²) in [5.41, 5.74) is 3.09. The van der Waals surface area contributed by atoms with Gasteiger partial charge in [0.1, 0.15) is 0 Å². The van der Waals surface area contributed by atoms with Gasteiger partial charge in [-0.05, 0) is 36.8 Å². The van der Waals surface area contributed by atoms with Gasteiger partial charge < -0.3 is 4.90 Å². The zero-order valence-corrected chi connectivity index (χ0v) is 15.9. The summed E-state index contributed by atoms with van der Waals surface area (Å²) < 4.78 is 31.5. The van der Waals surface area contributed by atoms with Gasteiger partial charge in [-0.2, -0.15) is 18.5 Å². The Labute approximate surface area is 158 Å². The third-order valence-electron chi connectivity index (χ3n) is 4.13. The van der Waals surface area contributed by atoms with Crippen LogP contribution >= 0.6 is 0 Å². The van der Waals surface area contributed by atoms with Crippen molar-refractivity contribution in [1.82, 2.24) is 4.90 Å². The van der Waals surface area contributed by atoms with E-state index in [1.165, 1.54) is 29.3 Å².